The fraction of sp³-hybridized carbons (Fsp3) is 0.600. The zero-order valence-corrected chi connectivity index (χ0v) is 20.9. The molecule has 0 N–H and O–H groups in total. The second kappa shape index (κ2) is 16.9. The second-order valence-corrected chi connectivity index (χ2v) is 8.03. The summed E-state index contributed by atoms with van der Waals surface area (Å²) < 4.78 is 0. The van der Waals surface area contributed by atoms with Gasteiger partial charge in [-0.15, -0.1) is 5.92 Å². The summed E-state index contributed by atoms with van der Waals surface area (Å²) >= 11 is 0. The van der Waals surface area contributed by atoms with Crippen LogP contribution in [0.1, 0.15) is 85.1 Å². The molecule has 0 unspecified atom stereocenters. The SMILES string of the molecule is CC(C)C1CCCCC1.CC(C)c1ccccc1.[CH-]=CC(=[CH-])C(C)C.[Y]. The van der Waals surface area contributed by atoms with E-state index in [0.29, 0.717) is 11.8 Å². The van der Waals surface area contributed by atoms with Crippen LogP contribution in [0.5, 0.6) is 0 Å². The summed E-state index contributed by atoms with van der Waals surface area (Å²) in [7, 11) is 0. The number of hydrogen-bond acceptors (Lipinski definition) is 0. The molecule has 0 amide bonds. The molecule has 1 saturated carbocycles. The predicted octanol–water partition coefficient (Wildman–Crippen LogP) is 8.02. The zero-order valence-electron chi connectivity index (χ0n) is 18.0. The Labute approximate surface area is 189 Å². The fourth-order valence-electron chi connectivity index (χ4n) is 2.83. The Kier molecular flexibility index (Phi) is 18.3. The van der Waals surface area contributed by atoms with Crippen LogP contribution in [0.15, 0.2) is 42.0 Å². The van der Waals surface area contributed by atoms with E-state index in [4.69, 9.17) is 13.2 Å². The van der Waals surface area contributed by atoms with Crippen molar-refractivity contribution < 1.29 is 32.7 Å². The summed E-state index contributed by atoms with van der Waals surface area (Å²) in [5.41, 5.74) is 2.16. The molecule has 0 bridgehead atoms. The van der Waals surface area contributed by atoms with Gasteiger partial charge in [-0.3, -0.25) is 0 Å². The molecule has 0 aliphatic heterocycles. The molecule has 0 heterocycles. The maximum Gasteiger partial charge on any atom is 0 e. The largest absolute Gasteiger partial charge is 0.394 e. The van der Waals surface area contributed by atoms with Crippen LogP contribution in [0, 0.1) is 30.9 Å². The molecule has 1 aliphatic rings. The maximum atomic E-state index is 5.35. The van der Waals surface area contributed by atoms with Crippen LogP contribution in [-0.2, 0) is 32.7 Å². The zero-order chi connectivity index (χ0) is 19.2. The van der Waals surface area contributed by atoms with Crippen molar-refractivity contribution in [2.75, 3.05) is 0 Å². The minimum absolute atomic E-state index is 0. The summed E-state index contributed by atoms with van der Waals surface area (Å²) in [6.07, 6.45) is 8.90. The van der Waals surface area contributed by atoms with Crippen molar-refractivity contribution in [2.45, 2.75) is 79.6 Å². The Morgan fingerprint density at radius 1 is 0.923 bits per heavy atom. The number of hydrogen-bond donors (Lipinski definition) is 0. The van der Waals surface area contributed by atoms with Crippen LogP contribution in [-0.4, -0.2) is 0 Å². The average molecular weight is 430 g/mol. The minimum atomic E-state index is 0. The first-order chi connectivity index (χ1) is 11.8. The molecule has 1 aromatic rings. The molecule has 1 aliphatic carbocycles. The van der Waals surface area contributed by atoms with Gasteiger partial charge in [-0.05, 0) is 23.3 Å². The molecular formula is C25H40Y-2. The monoisotopic (exact) mass is 429 g/mol. The van der Waals surface area contributed by atoms with Crippen LogP contribution in [0.3, 0.4) is 0 Å². The molecule has 0 aromatic heterocycles. The quantitative estimate of drug-likeness (QED) is 0.336. The maximum absolute atomic E-state index is 5.35. The van der Waals surface area contributed by atoms with E-state index in [1.54, 1.807) is 0 Å². The molecule has 0 spiro atoms. The Morgan fingerprint density at radius 3 is 1.65 bits per heavy atom. The molecule has 0 saturated heterocycles. The van der Waals surface area contributed by atoms with E-state index in [0.717, 1.165) is 17.4 Å². The van der Waals surface area contributed by atoms with Crippen LogP contribution < -0.4 is 0 Å². The van der Waals surface area contributed by atoms with Crippen LogP contribution in [0.25, 0.3) is 0 Å². The molecular weight excluding hydrogens is 389 g/mol. The molecule has 0 nitrogen and oxygen atoms in total. The summed E-state index contributed by atoms with van der Waals surface area (Å²) in [5.74, 6) is 3.03. The van der Waals surface area contributed by atoms with Gasteiger partial charge in [-0.1, -0.05) is 104 Å². The Balaban J connectivity index is 0. The van der Waals surface area contributed by atoms with Gasteiger partial charge in [0, 0.05) is 32.7 Å². The number of allylic oxidation sites excluding steroid dienone is 2. The first-order valence-electron chi connectivity index (χ1n) is 10.0. The van der Waals surface area contributed by atoms with Gasteiger partial charge in [0.1, 0.15) is 0 Å². The van der Waals surface area contributed by atoms with Crippen LogP contribution >= 0.6 is 0 Å². The fourth-order valence-corrected chi connectivity index (χ4v) is 2.83. The first kappa shape index (κ1) is 28.0. The molecule has 0 atom stereocenters. The third-order valence-electron chi connectivity index (χ3n) is 4.92. The molecule has 1 radical (unpaired) electrons. The van der Waals surface area contributed by atoms with Gasteiger partial charge in [-0.2, -0.15) is 0 Å². The van der Waals surface area contributed by atoms with Crippen LogP contribution in [0.4, 0.5) is 0 Å². The van der Waals surface area contributed by atoms with Gasteiger partial charge in [0.05, 0.1) is 0 Å². The van der Waals surface area contributed by atoms with E-state index < -0.39 is 0 Å². The van der Waals surface area contributed by atoms with E-state index in [9.17, 15) is 0 Å². The predicted molar refractivity (Wildman–Crippen MR) is 113 cm³/mol. The van der Waals surface area contributed by atoms with Crippen molar-refractivity contribution in [1.29, 1.82) is 0 Å². The summed E-state index contributed by atoms with van der Waals surface area (Å²) in [4.78, 5) is 0. The van der Waals surface area contributed by atoms with Crippen molar-refractivity contribution in [1.82, 2.24) is 0 Å². The Morgan fingerprint density at radius 2 is 1.42 bits per heavy atom. The number of benzene rings is 1. The normalized spacial score (nSPS) is 13.9. The van der Waals surface area contributed by atoms with Crippen molar-refractivity contribution in [3.05, 3.63) is 60.7 Å². The molecule has 26 heavy (non-hydrogen) atoms. The van der Waals surface area contributed by atoms with Crippen molar-refractivity contribution in [3.8, 4) is 0 Å². The van der Waals surface area contributed by atoms with Gasteiger partial charge in [0.15, 0.2) is 0 Å². The summed E-state index contributed by atoms with van der Waals surface area (Å²) in [6, 6.07) is 10.5. The molecule has 1 aromatic carbocycles. The van der Waals surface area contributed by atoms with E-state index in [1.807, 2.05) is 19.9 Å². The smallest absolute Gasteiger partial charge is 0 e. The standard InChI is InChI=1S/C9H18.C9H12.C7H10.Y/c2*1-8(2)9-6-4-3-5-7-9;1-5-7(4)6(2)3;/h8-9H,3-7H2,1-2H3;3-8H,1-2H3;1,4-6H,2-3H3;/q;;-2;. The average Bonchev–Trinajstić information content (AvgIpc) is 2.63. The Bertz CT molecular complexity index is 450. The third-order valence-corrected chi connectivity index (χ3v) is 4.92. The summed E-state index contributed by atoms with van der Waals surface area (Å²) in [5, 5.41) is 0. The Hall–Kier alpha value is -0.196. The van der Waals surface area contributed by atoms with Gasteiger partial charge >= 0.3 is 0 Å². The van der Waals surface area contributed by atoms with E-state index in [-0.39, 0.29) is 32.7 Å². The topological polar surface area (TPSA) is 0 Å². The van der Waals surface area contributed by atoms with Gasteiger partial charge in [0.25, 0.3) is 0 Å². The van der Waals surface area contributed by atoms with E-state index >= 15 is 0 Å². The van der Waals surface area contributed by atoms with E-state index in [2.05, 4.69) is 52.0 Å². The van der Waals surface area contributed by atoms with Gasteiger partial charge < -0.3 is 24.8 Å². The third kappa shape index (κ3) is 13.9. The minimum Gasteiger partial charge on any atom is -0.394 e. The second-order valence-electron chi connectivity index (χ2n) is 8.03. The van der Waals surface area contributed by atoms with Crippen molar-refractivity contribution in [3.63, 3.8) is 0 Å². The molecule has 1 heteroatoms. The van der Waals surface area contributed by atoms with Gasteiger partial charge in [-0.25, -0.2) is 0 Å². The summed E-state index contributed by atoms with van der Waals surface area (Å²) in [6.45, 7) is 23.6. The molecule has 1 fully saturated rings. The molecule has 2 rings (SSSR count). The van der Waals surface area contributed by atoms with E-state index in [1.165, 1.54) is 43.7 Å². The first-order valence-corrected chi connectivity index (χ1v) is 10.0. The van der Waals surface area contributed by atoms with Gasteiger partial charge in [0.2, 0.25) is 0 Å². The van der Waals surface area contributed by atoms with Crippen molar-refractivity contribution >= 4 is 0 Å². The number of rotatable bonds is 4. The van der Waals surface area contributed by atoms with Crippen LogP contribution in [0.2, 0.25) is 0 Å². The van der Waals surface area contributed by atoms with Crippen molar-refractivity contribution in [2.24, 2.45) is 17.8 Å². The molecule has 145 valence electrons.